The highest BCUT2D eigenvalue weighted by atomic mass is 35.5. The van der Waals surface area contributed by atoms with Crippen molar-refractivity contribution in [2.45, 2.75) is 78.2 Å². The van der Waals surface area contributed by atoms with Gasteiger partial charge in [-0.05, 0) is 88.7 Å². The molecule has 4 rings (SSSR count). The van der Waals surface area contributed by atoms with E-state index in [1.807, 2.05) is 6.92 Å². The lowest BCUT2D eigenvalue weighted by Crippen LogP contribution is -2.47. The fourth-order valence-electron chi connectivity index (χ4n) is 6.10. The van der Waals surface area contributed by atoms with Crippen molar-refractivity contribution in [3.63, 3.8) is 0 Å². The van der Waals surface area contributed by atoms with Crippen molar-refractivity contribution >= 4 is 29.1 Å². The molecule has 0 bridgehead atoms. The Bertz CT molecular complexity index is 1400. The van der Waals surface area contributed by atoms with Crippen LogP contribution >= 0.6 is 11.6 Å². The summed E-state index contributed by atoms with van der Waals surface area (Å²) >= 11 is 6.27. The molecule has 2 heterocycles. The van der Waals surface area contributed by atoms with Gasteiger partial charge >= 0.3 is 6.18 Å². The number of hydrogen-bond acceptors (Lipinski definition) is 3. The van der Waals surface area contributed by atoms with Crippen LogP contribution in [-0.4, -0.2) is 46.9 Å². The summed E-state index contributed by atoms with van der Waals surface area (Å²) in [6, 6.07) is 10.1. The Balaban J connectivity index is 1.67. The van der Waals surface area contributed by atoms with Crippen LogP contribution in [0.5, 0.6) is 0 Å². The van der Waals surface area contributed by atoms with Gasteiger partial charge in [-0.1, -0.05) is 53.6 Å². The van der Waals surface area contributed by atoms with Gasteiger partial charge in [-0.15, -0.1) is 0 Å². The van der Waals surface area contributed by atoms with Crippen LogP contribution in [0.15, 0.2) is 65.5 Å². The minimum atomic E-state index is -4.29. The molecule has 2 amide bonds. The third-order valence-corrected chi connectivity index (χ3v) is 8.73. The Morgan fingerprint density at radius 2 is 1.72 bits per heavy atom. The number of benzene rings is 2. The molecule has 5 nitrogen and oxygen atoms in total. The number of likely N-dealkylation sites (tertiary alicyclic amines) is 2. The maximum atomic E-state index is 14.9. The van der Waals surface area contributed by atoms with E-state index in [1.165, 1.54) is 17.9 Å². The van der Waals surface area contributed by atoms with Gasteiger partial charge in [0.15, 0.2) is 0 Å². The maximum Gasteiger partial charge on any atom is 0.404 e. The van der Waals surface area contributed by atoms with Crippen molar-refractivity contribution in [2.24, 2.45) is 5.92 Å². The number of alkyl halides is 3. The van der Waals surface area contributed by atoms with Crippen molar-refractivity contribution in [2.75, 3.05) is 18.4 Å². The minimum Gasteiger partial charge on any atom is -0.331 e. The van der Waals surface area contributed by atoms with Crippen molar-refractivity contribution in [3.8, 4) is 0 Å². The number of aryl methyl sites for hydroxylation is 1. The summed E-state index contributed by atoms with van der Waals surface area (Å²) in [5, 5.41) is 3.44. The maximum absolute atomic E-state index is 14.9. The summed E-state index contributed by atoms with van der Waals surface area (Å²) in [6.07, 6.45) is -1.45. The zero-order chi connectivity index (χ0) is 31.5. The number of carbonyl (C=O) groups is 2. The molecule has 0 saturated carbocycles. The number of piperidine rings is 1. The van der Waals surface area contributed by atoms with Gasteiger partial charge in [-0.2, -0.15) is 13.2 Å². The highest BCUT2D eigenvalue weighted by Crippen LogP contribution is 2.40. The number of halogens is 5. The first-order chi connectivity index (χ1) is 20.3. The van der Waals surface area contributed by atoms with E-state index in [9.17, 15) is 27.2 Å². The summed E-state index contributed by atoms with van der Waals surface area (Å²) in [5.74, 6) is -2.11. The number of allylic oxidation sites excluding steroid dienone is 2. The number of hydrogen-bond donors (Lipinski definition) is 1. The van der Waals surface area contributed by atoms with Crippen molar-refractivity contribution < 1.29 is 27.2 Å². The first-order valence-corrected chi connectivity index (χ1v) is 15.0. The van der Waals surface area contributed by atoms with Crippen LogP contribution in [0.2, 0.25) is 5.02 Å². The quantitative estimate of drug-likeness (QED) is 0.193. The lowest BCUT2D eigenvalue weighted by molar-refractivity contribution is -0.177. The third-order valence-electron chi connectivity index (χ3n) is 8.32. The van der Waals surface area contributed by atoms with Gasteiger partial charge in [0, 0.05) is 23.8 Å². The van der Waals surface area contributed by atoms with Gasteiger partial charge in [0.1, 0.15) is 11.9 Å². The van der Waals surface area contributed by atoms with E-state index in [2.05, 4.69) is 5.32 Å². The zero-order valence-electron chi connectivity index (χ0n) is 24.9. The number of anilines is 1. The van der Waals surface area contributed by atoms with Gasteiger partial charge in [-0.3, -0.25) is 14.5 Å². The van der Waals surface area contributed by atoms with E-state index in [1.54, 1.807) is 61.2 Å². The largest absolute Gasteiger partial charge is 0.404 e. The molecule has 2 aliphatic heterocycles. The number of rotatable bonds is 7. The van der Waals surface area contributed by atoms with E-state index in [0.29, 0.717) is 59.8 Å². The smallest absolute Gasteiger partial charge is 0.331 e. The Morgan fingerprint density at radius 1 is 1.05 bits per heavy atom. The Labute approximate surface area is 255 Å². The van der Waals surface area contributed by atoms with Gasteiger partial charge in [-0.25, -0.2) is 4.39 Å². The van der Waals surface area contributed by atoms with Crippen molar-refractivity contribution in [3.05, 3.63) is 87.2 Å². The predicted octanol–water partition coefficient (Wildman–Crippen LogP) is 8.30. The van der Waals surface area contributed by atoms with Gasteiger partial charge in [0.25, 0.3) is 5.91 Å². The highest BCUT2D eigenvalue weighted by molar-refractivity contribution is 6.31. The molecule has 1 N–H and O–H groups in total. The summed E-state index contributed by atoms with van der Waals surface area (Å²) in [7, 11) is 0. The number of carbonyl (C=O) groups excluding carboxylic acids is 2. The normalized spacial score (nSPS) is 21.6. The van der Waals surface area contributed by atoms with E-state index >= 15 is 0 Å². The van der Waals surface area contributed by atoms with Gasteiger partial charge in [0.2, 0.25) is 5.91 Å². The monoisotopic (exact) mass is 619 g/mol. The van der Waals surface area contributed by atoms with Crippen LogP contribution in [0.25, 0.3) is 0 Å². The molecule has 0 aliphatic carbocycles. The lowest BCUT2D eigenvalue weighted by Gasteiger charge is -2.41. The number of amides is 2. The average Bonchev–Trinajstić information content (AvgIpc) is 3.43. The summed E-state index contributed by atoms with van der Waals surface area (Å²) in [5.41, 5.74) is 3.22. The van der Waals surface area contributed by atoms with E-state index < -0.39 is 35.9 Å². The molecule has 10 heteroatoms. The second kappa shape index (κ2) is 13.6. The molecule has 2 aromatic rings. The molecule has 232 valence electrons. The molecule has 43 heavy (non-hydrogen) atoms. The third kappa shape index (κ3) is 7.50. The van der Waals surface area contributed by atoms with Crippen LogP contribution in [0.1, 0.15) is 69.2 Å². The summed E-state index contributed by atoms with van der Waals surface area (Å²) in [4.78, 5) is 30.6. The minimum absolute atomic E-state index is 0.0391. The molecule has 2 saturated heterocycles. The van der Waals surface area contributed by atoms with Crippen LogP contribution in [0.4, 0.5) is 23.2 Å². The average molecular weight is 620 g/mol. The van der Waals surface area contributed by atoms with Crippen LogP contribution < -0.4 is 5.32 Å². The van der Waals surface area contributed by atoms with Crippen LogP contribution in [0.3, 0.4) is 0 Å². The Morgan fingerprint density at radius 3 is 2.33 bits per heavy atom. The van der Waals surface area contributed by atoms with E-state index in [4.69, 9.17) is 11.6 Å². The molecule has 0 spiro atoms. The van der Waals surface area contributed by atoms with Crippen molar-refractivity contribution in [1.29, 1.82) is 0 Å². The topological polar surface area (TPSA) is 52.7 Å². The molecule has 0 unspecified atom stereocenters. The Kier molecular flexibility index (Phi) is 10.4. The predicted molar refractivity (Wildman–Crippen MR) is 161 cm³/mol. The standard InChI is InChI=1S/C33H38ClF4N3O2/c1-5-27(35)29(20(2)3)32(43)41-17-6-8-25(31(42)39-24-15-10-21(4)26(34)18-24)30(41)23-13-11-22(12-14-23)19-40-16-7-9-28(40)33(36,37)38/h5,10-15,18,25,28,30H,6-9,16-17,19H2,1-4H3,(H,39,42)/b27-5+/t25-,28+,30-/m0/s1. The second-order valence-electron chi connectivity index (χ2n) is 11.6. The van der Waals surface area contributed by atoms with Crippen molar-refractivity contribution in [1.82, 2.24) is 9.80 Å². The van der Waals surface area contributed by atoms with Crippen LogP contribution in [-0.2, 0) is 16.1 Å². The number of nitrogens with one attached hydrogen (secondary N) is 1. The first-order valence-electron chi connectivity index (χ1n) is 14.6. The Hall–Kier alpha value is -3.17. The van der Waals surface area contributed by atoms with Crippen LogP contribution in [0, 0.1) is 12.8 Å². The van der Waals surface area contributed by atoms with E-state index in [0.717, 1.165) is 5.56 Å². The summed E-state index contributed by atoms with van der Waals surface area (Å²) < 4.78 is 55.4. The molecular formula is C33H38ClF4N3O2. The molecule has 3 atom stereocenters. The molecule has 0 aromatic heterocycles. The summed E-state index contributed by atoms with van der Waals surface area (Å²) in [6.45, 7) is 7.54. The lowest BCUT2D eigenvalue weighted by atomic mass is 9.83. The SMILES string of the molecule is C/C=C(/F)C(C(=O)N1CCC[C@H](C(=O)Nc2ccc(C)c(Cl)c2)[C@@H]1c1ccc(CN2CCC[C@@H]2C(F)(F)F)cc1)=C(C)C. The fourth-order valence-corrected chi connectivity index (χ4v) is 6.28. The number of nitrogens with zero attached hydrogens (tertiary/aromatic N) is 2. The van der Waals surface area contributed by atoms with E-state index in [-0.39, 0.29) is 24.4 Å². The fraction of sp³-hybridized carbons (Fsp3) is 0.455. The molecule has 2 fully saturated rings. The molecule has 2 aromatic carbocycles. The highest BCUT2D eigenvalue weighted by Gasteiger charge is 2.46. The molecular weight excluding hydrogens is 582 g/mol. The molecule has 0 radical (unpaired) electrons. The first kappa shape index (κ1) is 32.7. The molecule has 2 aliphatic rings. The zero-order valence-corrected chi connectivity index (χ0v) is 25.7. The van der Waals surface area contributed by atoms with Gasteiger partial charge < -0.3 is 10.2 Å². The second-order valence-corrected chi connectivity index (χ2v) is 12.0. The van der Waals surface area contributed by atoms with Gasteiger partial charge in [0.05, 0.1) is 17.5 Å².